The molecule has 0 radical (unpaired) electrons. The van der Waals surface area contributed by atoms with Crippen LogP contribution in [0.15, 0.2) is 6.07 Å². The van der Waals surface area contributed by atoms with E-state index in [0.717, 1.165) is 5.01 Å². The number of fused-ring (bicyclic) bond motifs is 1. The van der Waals surface area contributed by atoms with E-state index in [0.29, 0.717) is 0 Å². The maximum atomic E-state index is 4.57. The predicted octanol–water partition coefficient (Wildman–Crippen LogP) is 3.29. The molecule has 0 aliphatic heterocycles. The van der Waals surface area contributed by atoms with Gasteiger partial charge in [0.1, 0.15) is 0 Å². The molecule has 0 bridgehead atoms. The zero-order valence-corrected chi connectivity index (χ0v) is 10.7. The van der Waals surface area contributed by atoms with Crippen LogP contribution in [0.4, 0.5) is 5.69 Å². The molecule has 0 amide bonds. The van der Waals surface area contributed by atoms with E-state index in [-0.39, 0.29) is 0 Å². The van der Waals surface area contributed by atoms with Crippen molar-refractivity contribution in [3.8, 4) is 0 Å². The first-order valence-electron chi connectivity index (χ1n) is 5.05. The van der Waals surface area contributed by atoms with Crippen molar-refractivity contribution in [2.24, 2.45) is 0 Å². The van der Waals surface area contributed by atoms with Crippen LogP contribution in [-0.4, -0.2) is 19.1 Å². The van der Waals surface area contributed by atoms with Gasteiger partial charge in [0.05, 0.1) is 15.2 Å². The van der Waals surface area contributed by atoms with Gasteiger partial charge in [0.15, 0.2) is 0 Å². The van der Waals surface area contributed by atoms with Gasteiger partial charge in [-0.05, 0) is 38.0 Å². The number of rotatable bonds is 1. The fourth-order valence-corrected chi connectivity index (χ4v) is 2.90. The Morgan fingerprint density at radius 1 is 1.20 bits per heavy atom. The highest BCUT2D eigenvalue weighted by Crippen LogP contribution is 2.33. The molecule has 2 rings (SSSR count). The van der Waals surface area contributed by atoms with Gasteiger partial charge in [-0.25, -0.2) is 4.98 Å². The molecule has 0 spiro atoms. The third-order valence-electron chi connectivity index (χ3n) is 2.67. The molecule has 0 unspecified atom stereocenters. The van der Waals surface area contributed by atoms with E-state index in [9.17, 15) is 0 Å². The average molecular weight is 220 g/mol. The van der Waals surface area contributed by atoms with Gasteiger partial charge < -0.3 is 4.90 Å². The predicted molar refractivity (Wildman–Crippen MR) is 68.2 cm³/mol. The summed E-state index contributed by atoms with van der Waals surface area (Å²) in [5.41, 5.74) is 5.07. The molecular formula is C12H16N2S. The molecule has 0 N–H and O–H groups in total. The summed E-state index contributed by atoms with van der Waals surface area (Å²) in [5, 5.41) is 1.15. The average Bonchev–Trinajstić information content (AvgIpc) is 2.53. The molecular weight excluding hydrogens is 204 g/mol. The van der Waals surface area contributed by atoms with Crippen molar-refractivity contribution in [3.05, 3.63) is 22.2 Å². The van der Waals surface area contributed by atoms with Crippen LogP contribution in [0.2, 0.25) is 0 Å². The fourth-order valence-electron chi connectivity index (χ4n) is 1.91. The zero-order valence-electron chi connectivity index (χ0n) is 9.88. The highest BCUT2D eigenvalue weighted by molar-refractivity contribution is 7.18. The summed E-state index contributed by atoms with van der Waals surface area (Å²) >= 11 is 1.79. The summed E-state index contributed by atoms with van der Waals surface area (Å²) in [4.78, 5) is 6.74. The molecule has 1 heterocycles. The topological polar surface area (TPSA) is 16.1 Å². The molecule has 80 valence electrons. The fraction of sp³-hybridized carbons (Fsp3) is 0.417. The highest BCUT2D eigenvalue weighted by Gasteiger charge is 2.11. The molecule has 0 atom stereocenters. The van der Waals surface area contributed by atoms with Crippen LogP contribution in [0.1, 0.15) is 16.1 Å². The minimum Gasteiger partial charge on any atom is -0.377 e. The van der Waals surface area contributed by atoms with Crippen molar-refractivity contribution in [2.45, 2.75) is 20.8 Å². The summed E-state index contributed by atoms with van der Waals surface area (Å²) in [6, 6.07) is 2.22. The third-order valence-corrected chi connectivity index (χ3v) is 3.76. The normalized spacial score (nSPS) is 11.0. The quantitative estimate of drug-likeness (QED) is 0.733. The molecule has 0 fully saturated rings. The molecule has 0 aliphatic carbocycles. The lowest BCUT2D eigenvalue weighted by Gasteiger charge is -2.16. The van der Waals surface area contributed by atoms with Crippen molar-refractivity contribution in [3.63, 3.8) is 0 Å². The maximum absolute atomic E-state index is 4.57. The summed E-state index contributed by atoms with van der Waals surface area (Å²) in [5.74, 6) is 0. The van der Waals surface area contributed by atoms with Crippen molar-refractivity contribution in [1.29, 1.82) is 0 Å². The van der Waals surface area contributed by atoms with E-state index in [1.807, 2.05) is 0 Å². The van der Waals surface area contributed by atoms with Crippen molar-refractivity contribution in [1.82, 2.24) is 4.98 Å². The molecule has 2 nitrogen and oxygen atoms in total. The van der Waals surface area contributed by atoms with E-state index >= 15 is 0 Å². The van der Waals surface area contributed by atoms with Crippen LogP contribution in [0.25, 0.3) is 10.2 Å². The van der Waals surface area contributed by atoms with Crippen LogP contribution >= 0.6 is 11.3 Å². The number of nitrogens with zero attached hydrogens (tertiary/aromatic N) is 2. The maximum Gasteiger partial charge on any atom is 0.0908 e. The van der Waals surface area contributed by atoms with Gasteiger partial charge >= 0.3 is 0 Å². The van der Waals surface area contributed by atoms with Crippen LogP contribution < -0.4 is 4.90 Å². The van der Waals surface area contributed by atoms with Gasteiger partial charge in [-0.2, -0.15) is 0 Å². The van der Waals surface area contributed by atoms with Crippen LogP contribution in [-0.2, 0) is 0 Å². The Morgan fingerprint density at radius 3 is 2.47 bits per heavy atom. The largest absolute Gasteiger partial charge is 0.377 e. The standard InChI is InChI=1S/C12H16N2S/c1-7-6-10(14(4)5)8(2)12-11(7)13-9(3)15-12/h6H,1-5H3. The van der Waals surface area contributed by atoms with E-state index in [1.54, 1.807) is 11.3 Å². The molecule has 1 aromatic carbocycles. The lowest BCUT2D eigenvalue weighted by atomic mass is 10.1. The summed E-state index contributed by atoms with van der Waals surface area (Å²) in [6.07, 6.45) is 0. The molecule has 0 aliphatic rings. The van der Waals surface area contributed by atoms with Crippen molar-refractivity contribution in [2.75, 3.05) is 19.0 Å². The summed E-state index contributed by atoms with van der Waals surface area (Å²) < 4.78 is 1.33. The first kappa shape index (κ1) is 10.4. The van der Waals surface area contributed by atoms with Crippen LogP contribution in [0, 0.1) is 20.8 Å². The van der Waals surface area contributed by atoms with Gasteiger partial charge in [0.25, 0.3) is 0 Å². The van der Waals surface area contributed by atoms with Crippen LogP contribution in [0.5, 0.6) is 0 Å². The Labute approximate surface area is 94.6 Å². The molecule has 2 aromatic rings. The van der Waals surface area contributed by atoms with E-state index in [4.69, 9.17) is 0 Å². The number of anilines is 1. The first-order valence-corrected chi connectivity index (χ1v) is 5.87. The Morgan fingerprint density at radius 2 is 1.87 bits per heavy atom. The zero-order chi connectivity index (χ0) is 11.2. The minimum absolute atomic E-state index is 1.15. The van der Waals surface area contributed by atoms with Gasteiger partial charge in [0.2, 0.25) is 0 Å². The minimum atomic E-state index is 1.15. The molecule has 15 heavy (non-hydrogen) atoms. The first-order chi connectivity index (χ1) is 7.00. The lowest BCUT2D eigenvalue weighted by molar-refractivity contribution is 1.12. The number of hydrogen-bond donors (Lipinski definition) is 0. The SMILES string of the molecule is Cc1nc2c(C)cc(N(C)C)c(C)c2s1. The third kappa shape index (κ3) is 1.61. The number of aryl methyl sites for hydroxylation is 3. The molecule has 3 heteroatoms. The number of thiazole rings is 1. The number of hydrogen-bond acceptors (Lipinski definition) is 3. The monoisotopic (exact) mass is 220 g/mol. The molecule has 1 aromatic heterocycles. The van der Waals surface area contributed by atoms with Gasteiger partial charge in [-0.1, -0.05) is 0 Å². The molecule has 0 saturated heterocycles. The van der Waals surface area contributed by atoms with E-state index < -0.39 is 0 Å². The van der Waals surface area contributed by atoms with E-state index in [2.05, 4.69) is 50.8 Å². The highest BCUT2D eigenvalue weighted by atomic mass is 32.1. The second kappa shape index (κ2) is 3.49. The Kier molecular flexibility index (Phi) is 2.43. The van der Waals surface area contributed by atoms with Crippen LogP contribution in [0.3, 0.4) is 0 Å². The Bertz CT molecular complexity index is 512. The van der Waals surface area contributed by atoms with Crippen molar-refractivity contribution >= 4 is 27.2 Å². The van der Waals surface area contributed by atoms with Crippen molar-refractivity contribution < 1.29 is 0 Å². The van der Waals surface area contributed by atoms with Gasteiger partial charge in [0, 0.05) is 19.8 Å². The summed E-state index contributed by atoms with van der Waals surface area (Å²) in [6.45, 7) is 6.38. The number of aromatic nitrogens is 1. The Hall–Kier alpha value is -1.09. The second-order valence-electron chi connectivity index (χ2n) is 4.14. The second-order valence-corrected chi connectivity index (χ2v) is 5.35. The number of benzene rings is 1. The summed E-state index contributed by atoms with van der Waals surface area (Å²) in [7, 11) is 4.17. The van der Waals surface area contributed by atoms with E-state index in [1.165, 1.54) is 27.0 Å². The molecule has 0 saturated carbocycles. The smallest absolute Gasteiger partial charge is 0.0908 e. The lowest BCUT2D eigenvalue weighted by Crippen LogP contribution is -2.10. The van der Waals surface area contributed by atoms with Gasteiger partial charge in [-0.3, -0.25) is 0 Å². The van der Waals surface area contributed by atoms with Gasteiger partial charge in [-0.15, -0.1) is 11.3 Å². The Balaban J connectivity index is 2.83.